The van der Waals surface area contributed by atoms with Crippen LogP contribution in [0, 0.1) is 5.92 Å². The van der Waals surface area contributed by atoms with Crippen molar-refractivity contribution in [3.63, 3.8) is 0 Å². The van der Waals surface area contributed by atoms with E-state index in [1.165, 1.54) is 7.11 Å². The van der Waals surface area contributed by atoms with Crippen LogP contribution >= 0.6 is 0 Å². The van der Waals surface area contributed by atoms with Crippen LogP contribution in [0.3, 0.4) is 0 Å². The number of hydrogen-bond donors (Lipinski definition) is 3. The number of carbonyl (C=O) groups excluding carboxylic acids is 1. The Kier molecular flexibility index (Phi) is 4.72. The third-order valence-corrected chi connectivity index (χ3v) is 3.47. The lowest BCUT2D eigenvalue weighted by Gasteiger charge is -2.35. The third kappa shape index (κ3) is 3.16. The average molecular weight is 282 g/mol. The highest BCUT2D eigenvalue weighted by atomic mass is 16.6. The normalized spacial score (nSPS) is 30.0. The predicted octanol–water partition coefficient (Wildman–Crippen LogP) is -0.0454. The zero-order valence-corrected chi connectivity index (χ0v) is 11.1. The minimum Gasteiger partial charge on any atom is -0.497 e. The van der Waals surface area contributed by atoms with E-state index in [1.54, 1.807) is 24.3 Å². The molecule has 6 nitrogen and oxygen atoms in total. The number of rotatable bonds is 4. The maximum atomic E-state index is 12.1. The highest BCUT2D eigenvalue weighted by Gasteiger charge is 2.38. The van der Waals surface area contributed by atoms with Gasteiger partial charge < -0.3 is 24.8 Å². The molecule has 1 aromatic carbocycles. The Bertz CT molecular complexity index is 457. The summed E-state index contributed by atoms with van der Waals surface area (Å²) in [6.07, 6.45) is -3.63. The second-order valence-corrected chi connectivity index (χ2v) is 4.80. The Balaban J connectivity index is 2.05. The molecule has 0 saturated carbocycles. The molecule has 1 aliphatic heterocycles. The molecule has 1 saturated heterocycles. The number of hydrogen-bond acceptors (Lipinski definition) is 6. The van der Waals surface area contributed by atoms with Crippen molar-refractivity contribution in [1.29, 1.82) is 0 Å². The van der Waals surface area contributed by atoms with Crippen molar-refractivity contribution >= 4 is 5.78 Å². The maximum absolute atomic E-state index is 12.1. The molecule has 20 heavy (non-hydrogen) atoms. The van der Waals surface area contributed by atoms with Gasteiger partial charge in [-0.1, -0.05) is 0 Å². The highest BCUT2D eigenvalue weighted by molar-refractivity contribution is 5.96. The van der Waals surface area contributed by atoms with Crippen molar-refractivity contribution in [2.24, 2.45) is 5.92 Å². The number of methoxy groups -OCH3 is 1. The lowest BCUT2D eigenvalue weighted by molar-refractivity contribution is -0.229. The predicted molar refractivity (Wildman–Crippen MR) is 69.4 cm³/mol. The van der Waals surface area contributed by atoms with E-state index in [9.17, 15) is 20.1 Å². The quantitative estimate of drug-likeness (QED) is 0.670. The Morgan fingerprint density at radius 3 is 2.55 bits per heavy atom. The summed E-state index contributed by atoms with van der Waals surface area (Å²) in [6, 6.07) is 6.54. The Hall–Kier alpha value is -1.47. The molecule has 1 heterocycles. The van der Waals surface area contributed by atoms with Gasteiger partial charge >= 0.3 is 0 Å². The summed E-state index contributed by atoms with van der Waals surface area (Å²) in [5.74, 6) is -0.445. The molecular formula is C14H18O6. The standard InChI is InChI=1S/C14H18O6/c1-19-9-4-2-8(3-5-9)11(15)6-10-13(17)12(16)7-20-14(10)18/h2-5,10,12-14,16-18H,6-7H2,1H3/t10-,12+,13+,14?/m1/s1. The molecule has 3 N–H and O–H groups in total. The van der Waals surface area contributed by atoms with E-state index in [4.69, 9.17) is 9.47 Å². The van der Waals surface area contributed by atoms with E-state index in [0.29, 0.717) is 11.3 Å². The monoisotopic (exact) mass is 282 g/mol. The first-order chi connectivity index (χ1) is 9.52. The fourth-order valence-corrected chi connectivity index (χ4v) is 2.20. The van der Waals surface area contributed by atoms with Crippen LogP contribution < -0.4 is 4.74 Å². The first-order valence-electron chi connectivity index (χ1n) is 6.36. The van der Waals surface area contributed by atoms with Gasteiger partial charge in [-0.05, 0) is 24.3 Å². The average Bonchev–Trinajstić information content (AvgIpc) is 2.47. The van der Waals surface area contributed by atoms with Crippen molar-refractivity contribution in [2.45, 2.75) is 24.9 Å². The molecule has 0 aliphatic carbocycles. The minimum absolute atomic E-state index is 0.105. The van der Waals surface area contributed by atoms with Gasteiger partial charge in [0, 0.05) is 17.9 Å². The molecule has 0 aromatic heterocycles. The van der Waals surface area contributed by atoms with Gasteiger partial charge in [-0.3, -0.25) is 4.79 Å². The number of ether oxygens (including phenoxy) is 2. The van der Waals surface area contributed by atoms with Crippen molar-refractivity contribution in [2.75, 3.05) is 13.7 Å². The summed E-state index contributed by atoms with van der Waals surface area (Å²) in [4.78, 5) is 12.1. The molecule has 4 atom stereocenters. The van der Waals surface area contributed by atoms with Gasteiger partial charge in [0.2, 0.25) is 0 Å². The van der Waals surface area contributed by atoms with Crippen LogP contribution in [-0.4, -0.2) is 53.3 Å². The van der Waals surface area contributed by atoms with E-state index in [1.807, 2.05) is 0 Å². The van der Waals surface area contributed by atoms with Crippen LogP contribution in [0.1, 0.15) is 16.8 Å². The van der Waals surface area contributed by atoms with Gasteiger partial charge in [0.1, 0.15) is 11.9 Å². The molecule has 6 heteroatoms. The van der Waals surface area contributed by atoms with Gasteiger partial charge in [-0.15, -0.1) is 0 Å². The van der Waals surface area contributed by atoms with Crippen molar-refractivity contribution in [3.05, 3.63) is 29.8 Å². The van der Waals surface area contributed by atoms with Crippen LogP contribution in [-0.2, 0) is 4.74 Å². The molecule has 1 aromatic rings. The smallest absolute Gasteiger partial charge is 0.163 e. The number of Topliss-reactive ketones (excluding diaryl/α,β-unsaturated/α-hetero) is 1. The molecule has 1 aliphatic rings. The first kappa shape index (κ1) is 14.9. The van der Waals surface area contributed by atoms with Crippen LogP contribution in [0.5, 0.6) is 5.75 Å². The lowest BCUT2D eigenvalue weighted by atomic mass is 9.88. The van der Waals surface area contributed by atoms with E-state index in [0.717, 1.165) is 0 Å². The minimum atomic E-state index is -1.25. The number of carbonyl (C=O) groups is 1. The summed E-state index contributed by atoms with van der Waals surface area (Å²) in [5.41, 5.74) is 0.449. The molecule has 1 fully saturated rings. The topological polar surface area (TPSA) is 96.2 Å². The van der Waals surface area contributed by atoms with Crippen LogP contribution in [0.2, 0.25) is 0 Å². The zero-order chi connectivity index (χ0) is 14.7. The Morgan fingerprint density at radius 1 is 1.30 bits per heavy atom. The molecule has 0 amide bonds. The summed E-state index contributed by atoms with van der Waals surface area (Å²) in [6.45, 7) is -0.143. The van der Waals surface area contributed by atoms with Crippen LogP contribution in [0.15, 0.2) is 24.3 Å². The third-order valence-electron chi connectivity index (χ3n) is 3.47. The van der Waals surface area contributed by atoms with Crippen molar-refractivity contribution in [3.8, 4) is 5.75 Å². The number of aliphatic hydroxyl groups is 3. The summed E-state index contributed by atoms with van der Waals surface area (Å²) in [7, 11) is 1.53. The van der Waals surface area contributed by atoms with E-state index >= 15 is 0 Å². The second-order valence-electron chi connectivity index (χ2n) is 4.80. The molecule has 0 radical (unpaired) electrons. The maximum Gasteiger partial charge on any atom is 0.163 e. The number of aliphatic hydroxyl groups excluding tert-OH is 3. The first-order valence-corrected chi connectivity index (χ1v) is 6.36. The van der Waals surface area contributed by atoms with Crippen molar-refractivity contribution in [1.82, 2.24) is 0 Å². The van der Waals surface area contributed by atoms with Gasteiger partial charge in [-0.25, -0.2) is 0 Å². The van der Waals surface area contributed by atoms with Crippen LogP contribution in [0.4, 0.5) is 0 Å². The largest absolute Gasteiger partial charge is 0.497 e. The van der Waals surface area contributed by atoms with Gasteiger partial charge in [0.15, 0.2) is 12.1 Å². The highest BCUT2D eigenvalue weighted by Crippen LogP contribution is 2.25. The molecular weight excluding hydrogens is 264 g/mol. The fourth-order valence-electron chi connectivity index (χ4n) is 2.20. The molecule has 2 rings (SSSR count). The number of ketones is 1. The Morgan fingerprint density at radius 2 is 1.95 bits per heavy atom. The Labute approximate surface area is 116 Å². The van der Waals surface area contributed by atoms with E-state index < -0.39 is 24.4 Å². The summed E-state index contributed by atoms with van der Waals surface area (Å²) < 4.78 is 9.92. The molecule has 0 bridgehead atoms. The van der Waals surface area contributed by atoms with Gasteiger partial charge in [0.05, 0.1) is 19.8 Å². The molecule has 1 unspecified atom stereocenters. The lowest BCUT2D eigenvalue weighted by Crippen LogP contribution is -2.49. The summed E-state index contributed by atoms with van der Waals surface area (Å²) >= 11 is 0. The fraction of sp³-hybridized carbons (Fsp3) is 0.500. The van der Waals surface area contributed by atoms with Gasteiger partial charge in [0.25, 0.3) is 0 Å². The zero-order valence-electron chi connectivity index (χ0n) is 11.1. The van der Waals surface area contributed by atoms with E-state index in [2.05, 4.69) is 0 Å². The summed E-state index contributed by atoms with van der Waals surface area (Å²) in [5, 5.41) is 29.0. The second kappa shape index (κ2) is 6.32. The number of benzene rings is 1. The van der Waals surface area contributed by atoms with E-state index in [-0.39, 0.29) is 18.8 Å². The van der Waals surface area contributed by atoms with Crippen molar-refractivity contribution < 1.29 is 29.6 Å². The van der Waals surface area contributed by atoms with Crippen LogP contribution in [0.25, 0.3) is 0 Å². The molecule has 110 valence electrons. The SMILES string of the molecule is COc1ccc(C(=O)C[C@H]2C(O)OC[C@H](O)[C@H]2O)cc1. The molecule has 0 spiro atoms. The van der Waals surface area contributed by atoms with Gasteiger partial charge in [-0.2, -0.15) is 0 Å².